The molecule has 0 fully saturated rings. The third-order valence-corrected chi connectivity index (χ3v) is 2.88. The summed E-state index contributed by atoms with van der Waals surface area (Å²) < 4.78 is 0. The molecule has 14 heavy (non-hydrogen) atoms. The van der Waals surface area contributed by atoms with Crippen LogP contribution < -0.4 is 4.90 Å². The third kappa shape index (κ3) is 2.55. The molecule has 0 aliphatic rings. The lowest BCUT2D eigenvalue weighted by Crippen LogP contribution is -2.22. The lowest BCUT2D eigenvalue weighted by Gasteiger charge is -2.22. The molecule has 1 nitrogen and oxygen atoms in total. The van der Waals surface area contributed by atoms with Crippen molar-refractivity contribution in [3.8, 4) is 0 Å². The quantitative estimate of drug-likeness (QED) is 0.711. The molecule has 0 N–H and O–H groups in total. The Kier molecular flexibility index (Phi) is 4.56. The molecule has 0 bridgehead atoms. The maximum Gasteiger partial charge on any atom is 0.0642 e. The van der Waals surface area contributed by atoms with E-state index >= 15 is 0 Å². The molecule has 78 valence electrons. The Morgan fingerprint density at radius 3 is 2.29 bits per heavy atom. The lowest BCUT2D eigenvalue weighted by molar-refractivity contribution is 0.866. The number of hydrogen-bond donors (Lipinski definition) is 0. The normalized spacial score (nSPS) is 10.3. The highest BCUT2D eigenvalue weighted by molar-refractivity contribution is 6.33. The SMILES string of the molecule is CCN(CC)c1ccc(CCl)cc1Cl. The minimum Gasteiger partial charge on any atom is -0.371 e. The summed E-state index contributed by atoms with van der Waals surface area (Å²) in [5.41, 5.74) is 2.15. The average Bonchev–Trinajstić information content (AvgIpc) is 2.22. The molecular weight excluding hydrogens is 217 g/mol. The molecule has 3 heteroatoms. The van der Waals surface area contributed by atoms with Gasteiger partial charge in [-0.25, -0.2) is 0 Å². The van der Waals surface area contributed by atoms with Crippen molar-refractivity contribution in [2.45, 2.75) is 19.7 Å². The van der Waals surface area contributed by atoms with Gasteiger partial charge in [-0.1, -0.05) is 17.7 Å². The van der Waals surface area contributed by atoms with Crippen LogP contribution in [-0.4, -0.2) is 13.1 Å². The monoisotopic (exact) mass is 231 g/mol. The summed E-state index contributed by atoms with van der Waals surface area (Å²) in [6, 6.07) is 5.99. The van der Waals surface area contributed by atoms with Gasteiger partial charge in [0.25, 0.3) is 0 Å². The summed E-state index contributed by atoms with van der Waals surface area (Å²) >= 11 is 11.9. The van der Waals surface area contributed by atoms with Gasteiger partial charge in [-0.3, -0.25) is 0 Å². The molecule has 1 aromatic rings. The molecular formula is C11H15Cl2N. The Bertz CT molecular complexity index is 295. The summed E-state index contributed by atoms with van der Waals surface area (Å²) in [4.78, 5) is 2.22. The van der Waals surface area contributed by atoms with Gasteiger partial charge in [-0.15, -0.1) is 11.6 Å². The third-order valence-electron chi connectivity index (χ3n) is 2.27. The Labute approximate surface area is 95.6 Å². The molecule has 0 unspecified atom stereocenters. The number of hydrogen-bond acceptors (Lipinski definition) is 1. The van der Waals surface area contributed by atoms with Gasteiger partial charge in [0, 0.05) is 19.0 Å². The van der Waals surface area contributed by atoms with E-state index in [2.05, 4.69) is 18.7 Å². The van der Waals surface area contributed by atoms with Crippen LogP contribution in [0.5, 0.6) is 0 Å². The van der Waals surface area contributed by atoms with Crippen molar-refractivity contribution < 1.29 is 0 Å². The van der Waals surface area contributed by atoms with Crippen LogP contribution in [0.2, 0.25) is 5.02 Å². The molecule has 0 saturated heterocycles. The van der Waals surface area contributed by atoms with Gasteiger partial charge in [0.15, 0.2) is 0 Å². The van der Waals surface area contributed by atoms with Crippen LogP contribution >= 0.6 is 23.2 Å². The molecule has 0 aromatic heterocycles. The zero-order valence-electron chi connectivity index (χ0n) is 8.56. The predicted octanol–water partition coefficient (Wildman–Crippen LogP) is 3.93. The van der Waals surface area contributed by atoms with Gasteiger partial charge in [0.1, 0.15) is 0 Å². The summed E-state index contributed by atoms with van der Waals surface area (Å²) in [6.45, 7) is 6.18. The number of rotatable bonds is 4. The van der Waals surface area contributed by atoms with E-state index in [0.717, 1.165) is 29.4 Å². The first-order chi connectivity index (χ1) is 6.72. The van der Waals surface area contributed by atoms with E-state index in [9.17, 15) is 0 Å². The van der Waals surface area contributed by atoms with E-state index in [1.165, 1.54) is 0 Å². The Morgan fingerprint density at radius 1 is 1.21 bits per heavy atom. The highest BCUT2D eigenvalue weighted by Gasteiger charge is 2.06. The van der Waals surface area contributed by atoms with E-state index in [1.807, 2.05) is 18.2 Å². The van der Waals surface area contributed by atoms with Gasteiger partial charge in [-0.2, -0.15) is 0 Å². The molecule has 0 spiro atoms. The summed E-state index contributed by atoms with van der Waals surface area (Å²) in [6.07, 6.45) is 0. The zero-order chi connectivity index (χ0) is 10.6. The molecule has 0 radical (unpaired) electrons. The summed E-state index contributed by atoms with van der Waals surface area (Å²) in [5, 5.41) is 0.784. The van der Waals surface area contributed by atoms with Gasteiger partial charge < -0.3 is 4.90 Å². The smallest absolute Gasteiger partial charge is 0.0642 e. The van der Waals surface area contributed by atoms with Crippen molar-refractivity contribution in [1.29, 1.82) is 0 Å². The fourth-order valence-corrected chi connectivity index (χ4v) is 1.94. The summed E-state index contributed by atoms with van der Waals surface area (Å²) in [5.74, 6) is 0.512. The molecule has 0 saturated carbocycles. The first kappa shape index (κ1) is 11.7. The average molecular weight is 232 g/mol. The van der Waals surface area contributed by atoms with E-state index in [-0.39, 0.29) is 0 Å². The molecule has 0 atom stereocenters. The standard InChI is InChI=1S/C11H15Cl2N/c1-3-14(4-2)11-6-5-9(8-12)7-10(11)13/h5-7H,3-4,8H2,1-2H3. The highest BCUT2D eigenvalue weighted by Crippen LogP contribution is 2.27. The fraction of sp³-hybridized carbons (Fsp3) is 0.455. The first-order valence-corrected chi connectivity index (χ1v) is 5.73. The first-order valence-electron chi connectivity index (χ1n) is 4.82. The topological polar surface area (TPSA) is 3.24 Å². The minimum absolute atomic E-state index is 0.512. The van der Waals surface area contributed by atoms with E-state index in [1.54, 1.807) is 0 Å². The molecule has 1 aromatic carbocycles. The van der Waals surface area contributed by atoms with Crippen LogP contribution in [0.25, 0.3) is 0 Å². The molecule has 0 heterocycles. The maximum absolute atomic E-state index is 6.16. The van der Waals surface area contributed by atoms with Crippen LogP contribution in [0, 0.1) is 0 Å². The highest BCUT2D eigenvalue weighted by atomic mass is 35.5. The Morgan fingerprint density at radius 2 is 1.86 bits per heavy atom. The van der Waals surface area contributed by atoms with E-state index in [0.29, 0.717) is 5.88 Å². The van der Waals surface area contributed by atoms with Crippen molar-refractivity contribution in [2.75, 3.05) is 18.0 Å². The summed E-state index contributed by atoms with van der Waals surface area (Å²) in [7, 11) is 0. The Hall–Kier alpha value is -0.400. The second kappa shape index (κ2) is 5.47. The number of nitrogens with zero attached hydrogens (tertiary/aromatic N) is 1. The molecule has 1 rings (SSSR count). The van der Waals surface area contributed by atoms with Gasteiger partial charge >= 0.3 is 0 Å². The van der Waals surface area contributed by atoms with Crippen LogP contribution in [-0.2, 0) is 5.88 Å². The van der Waals surface area contributed by atoms with E-state index in [4.69, 9.17) is 23.2 Å². The number of anilines is 1. The van der Waals surface area contributed by atoms with Crippen LogP contribution in [0.1, 0.15) is 19.4 Å². The fourth-order valence-electron chi connectivity index (χ4n) is 1.45. The van der Waals surface area contributed by atoms with Crippen molar-refractivity contribution in [3.63, 3.8) is 0 Å². The predicted molar refractivity (Wildman–Crippen MR) is 64.6 cm³/mol. The van der Waals surface area contributed by atoms with Crippen LogP contribution in [0.4, 0.5) is 5.69 Å². The van der Waals surface area contributed by atoms with Crippen LogP contribution in [0.15, 0.2) is 18.2 Å². The molecule has 0 aliphatic heterocycles. The second-order valence-electron chi connectivity index (χ2n) is 3.09. The number of alkyl halides is 1. The Balaban J connectivity index is 2.98. The van der Waals surface area contributed by atoms with Gasteiger partial charge in [0.2, 0.25) is 0 Å². The van der Waals surface area contributed by atoms with Crippen molar-refractivity contribution in [2.24, 2.45) is 0 Å². The second-order valence-corrected chi connectivity index (χ2v) is 3.77. The molecule has 0 aliphatic carbocycles. The minimum atomic E-state index is 0.512. The van der Waals surface area contributed by atoms with Crippen molar-refractivity contribution >= 4 is 28.9 Å². The van der Waals surface area contributed by atoms with Crippen molar-refractivity contribution in [3.05, 3.63) is 28.8 Å². The number of benzene rings is 1. The molecule has 0 amide bonds. The maximum atomic E-state index is 6.16. The van der Waals surface area contributed by atoms with Gasteiger partial charge in [-0.05, 0) is 31.5 Å². The van der Waals surface area contributed by atoms with Crippen molar-refractivity contribution in [1.82, 2.24) is 0 Å². The number of halogens is 2. The van der Waals surface area contributed by atoms with Crippen LogP contribution in [0.3, 0.4) is 0 Å². The zero-order valence-corrected chi connectivity index (χ0v) is 10.1. The largest absolute Gasteiger partial charge is 0.371 e. The lowest BCUT2D eigenvalue weighted by atomic mass is 10.2. The van der Waals surface area contributed by atoms with Gasteiger partial charge in [0.05, 0.1) is 10.7 Å². The van der Waals surface area contributed by atoms with E-state index < -0.39 is 0 Å².